The minimum Gasteiger partial charge on any atom is -0.380 e. The fourth-order valence-electron chi connectivity index (χ4n) is 2.49. The zero-order chi connectivity index (χ0) is 15.1. The molecule has 20 heavy (non-hydrogen) atoms. The van der Waals surface area contributed by atoms with E-state index in [1.807, 2.05) is 4.68 Å². The summed E-state index contributed by atoms with van der Waals surface area (Å²) < 4.78 is 7.51. The van der Waals surface area contributed by atoms with Gasteiger partial charge in [0.1, 0.15) is 0 Å². The summed E-state index contributed by atoms with van der Waals surface area (Å²) in [5.41, 5.74) is 4.85. The molecule has 0 fully saturated rings. The molecule has 2 atom stereocenters. The monoisotopic (exact) mass is 302 g/mol. The highest BCUT2D eigenvalue weighted by Crippen LogP contribution is 2.24. The fourth-order valence-corrected chi connectivity index (χ4v) is 2.83. The Labute approximate surface area is 126 Å². The van der Waals surface area contributed by atoms with Crippen LogP contribution in [0.4, 0.5) is 0 Å². The van der Waals surface area contributed by atoms with Crippen LogP contribution in [0.25, 0.3) is 0 Å². The molecule has 5 nitrogen and oxygen atoms in total. The molecule has 0 spiro atoms. The molecule has 0 saturated carbocycles. The SMILES string of the molecule is CCCC(OC)C(Cc1c(Cl)c(CC)nn1CC)NN. The van der Waals surface area contributed by atoms with E-state index in [2.05, 4.69) is 31.3 Å². The number of aromatic nitrogens is 2. The van der Waals surface area contributed by atoms with Gasteiger partial charge in [0.25, 0.3) is 0 Å². The molecule has 0 aliphatic heterocycles. The van der Waals surface area contributed by atoms with Crippen LogP contribution in [0.1, 0.15) is 45.0 Å². The number of ether oxygens (including phenoxy) is 1. The van der Waals surface area contributed by atoms with Crippen LogP contribution in [0.5, 0.6) is 0 Å². The van der Waals surface area contributed by atoms with E-state index in [0.29, 0.717) is 6.42 Å². The summed E-state index contributed by atoms with van der Waals surface area (Å²) in [6.07, 6.45) is 3.64. The van der Waals surface area contributed by atoms with Gasteiger partial charge in [-0.1, -0.05) is 31.9 Å². The number of hydrogen-bond donors (Lipinski definition) is 2. The molecule has 3 N–H and O–H groups in total. The Morgan fingerprint density at radius 1 is 1.40 bits per heavy atom. The second kappa shape index (κ2) is 8.62. The maximum Gasteiger partial charge on any atom is 0.0850 e. The van der Waals surface area contributed by atoms with Crippen molar-refractivity contribution >= 4 is 11.6 Å². The van der Waals surface area contributed by atoms with Gasteiger partial charge in [-0.15, -0.1) is 0 Å². The van der Waals surface area contributed by atoms with Gasteiger partial charge in [-0.25, -0.2) is 0 Å². The smallest absolute Gasteiger partial charge is 0.0850 e. The van der Waals surface area contributed by atoms with Crippen molar-refractivity contribution in [3.63, 3.8) is 0 Å². The maximum absolute atomic E-state index is 6.44. The number of nitrogens with two attached hydrogens (primary N) is 1. The van der Waals surface area contributed by atoms with Crippen molar-refractivity contribution in [1.82, 2.24) is 15.2 Å². The van der Waals surface area contributed by atoms with E-state index in [1.165, 1.54) is 0 Å². The van der Waals surface area contributed by atoms with Gasteiger partial charge in [0, 0.05) is 20.1 Å². The van der Waals surface area contributed by atoms with E-state index in [-0.39, 0.29) is 12.1 Å². The largest absolute Gasteiger partial charge is 0.380 e. The number of rotatable bonds is 9. The first-order valence-corrected chi connectivity index (χ1v) is 7.73. The van der Waals surface area contributed by atoms with Crippen LogP contribution in [-0.4, -0.2) is 29.0 Å². The molecule has 0 bridgehead atoms. The van der Waals surface area contributed by atoms with Crippen molar-refractivity contribution in [1.29, 1.82) is 0 Å². The number of hydrogen-bond acceptors (Lipinski definition) is 4. The highest BCUT2D eigenvalue weighted by Gasteiger charge is 2.24. The van der Waals surface area contributed by atoms with Gasteiger partial charge in [-0.2, -0.15) is 5.10 Å². The molecule has 1 rings (SSSR count). The topological polar surface area (TPSA) is 65.1 Å². The van der Waals surface area contributed by atoms with Crippen LogP contribution < -0.4 is 11.3 Å². The van der Waals surface area contributed by atoms with Gasteiger partial charge < -0.3 is 4.74 Å². The van der Waals surface area contributed by atoms with Crippen LogP contribution >= 0.6 is 11.6 Å². The lowest BCUT2D eigenvalue weighted by Crippen LogP contribution is -2.46. The van der Waals surface area contributed by atoms with Crippen molar-refractivity contribution in [2.45, 2.75) is 65.1 Å². The lowest BCUT2D eigenvalue weighted by Gasteiger charge is -2.25. The maximum atomic E-state index is 6.44. The molecule has 1 heterocycles. The van der Waals surface area contributed by atoms with Gasteiger partial charge in [0.15, 0.2) is 0 Å². The van der Waals surface area contributed by atoms with Gasteiger partial charge in [-0.05, 0) is 19.8 Å². The fraction of sp³-hybridized carbons (Fsp3) is 0.786. The van der Waals surface area contributed by atoms with Gasteiger partial charge in [0.2, 0.25) is 0 Å². The third kappa shape index (κ3) is 3.95. The third-order valence-corrected chi connectivity index (χ3v) is 4.08. The molecule has 0 aromatic carbocycles. The molecular formula is C14H27ClN4O. The molecule has 116 valence electrons. The van der Waals surface area contributed by atoms with Crippen LogP contribution in [0, 0.1) is 0 Å². The van der Waals surface area contributed by atoms with E-state index in [1.54, 1.807) is 7.11 Å². The number of hydrazine groups is 1. The van der Waals surface area contributed by atoms with E-state index in [0.717, 1.165) is 42.2 Å². The van der Waals surface area contributed by atoms with E-state index >= 15 is 0 Å². The predicted octanol–water partition coefficient (Wildman–Crippen LogP) is 2.31. The number of nitrogens with zero attached hydrogens (tertiary/aromatic N) is 2. The Morgan fingerprint density at radius 2 is 2.10 bits per heavy atom. The summed E-state index contributed by atoms with van der Waals surface area (Å²) in [6, 6.07) is 0.0316. The van der Waals surface area contributed by atoms with E-state index in [9.17, 15) is 0 Å². The Morgan fingerprint density at radius 3 is 2.55 bits per heavy atom. The van der Waals surface area contributed by atoms with Crippen LogP contribution in [0.15, 0.2) is 0 Å². The van der Waals surface area contributed by atoms with Crippen LogP contribution in [0.3, 0.4) is 0 Å². The summed E-state index contributed by atoms with van der Waals surface area (Å²) in [7, 11) is 1.72. The summed E-state index contributed by atoms with van der Waals surface area (Å²) >= 11 is 6.44. The molecule has 1 aromatic heterocycles. The zero-order valence-corrected chi connectivity index (χ0v) is 13.7. The molecule has 0 radical (unpaired) electrons. The van der Waals surface area contributed by atoms with Crippen molar-refractivity contribution in [3.05, 3.63) is 16.4 Å². The summed E-state index contributed by atoms with van der Waals surface area (Å²) in [4.78, 5) is 0. The summed E-state index contributed by atoms with van der Waals surface area (Å²) in [5.74, 6) is 5.71. The van der Waals surface area contributed by atoms with Crippen molar-refractivity contribution in [2.75, 3.05) is 7.11 Å². The first kappa shape index (κ1) is 17.4. The normalized spacial score (nSPS) is 14.5. The van der Waals surface area contributed by atoms with Crippen molar-refractivity contribution < 1.29 is 4.74 Å². The molecule has 0 aliphatic rings. The molecule has 0 amide bonds. The molecular weight excluding hydrogens is 276 g/mol. The first-order chi connectivity index (χ1) is 9.62. The van der Waals surface area contributed by atoms with E-state index in [4.69, 9.17) is 22.2 Å². The van der Waals surface area contributed by atoms with Gasteiger partial charge in [-0.3, -0.25) is 16.0 Å². The van der Waals surface area contributed by atoms with Crippen LogP contribution in [-0.2, 0) is 24.1 Å². The van der Waals surface area contributed by atoms with Crippen molar-refractivity contribution in [2.24, 2.45) is 5.84 Å². The highest BCUT2D eigenvalue weighted by atomic mass is 35.5. The average Bonchev–Trinajstić information content (AvgIpc) is 2.78. The summed E-state index contributed by atoms with van der Waals surface area (Å²) in [5, 5.41) is 5.31. The number of methoxy groups -OCH3 is 1. The minimum atomic E-state index is 0.0316. The minimum absolute atomic E-state index is 0.0316. The van der Waals surface area contributed by atoms with Crippen LogP contribution in [0.2, 0.25) is 5.02 Å². The quantitative estimate of drug-likeness (QED) is 0.543. The average molecular weight is 303 g/mol. The Kier molecular flexibility index (Phi) is 7.51. The molecule has 0 saturated heterocycles. The molecule has 2 unspecified atom stereocenters. The Hall–Kier alpha value is -0.620. The lowest BCUT2D eigenvalue weighted by atomic mass is 10.0. The molecule has 1 aromatic rings. The lowest BCUT2D eigenvalue weighted by molar-refractivity contribution is 0.0603. The van der Waals surface area contributed by atoms with Gasteiger partial charge in [0.05, 0.1) is 28.6 Å². The highest BCUT2D eigenvalue weighted by molar-refractivity contribution is 6.31. The third-order valence-electron chi connectivity index (χ3n) is 3.65. The standard InChI is InChI=1S/C14H27ClN4O/c1-5-8-13(20-4)11(17-16)9-12-14(15)10(6-2)18-19(12)7-3/h11,13,17H,5-9,16H2,1-4H3. The number of nitrogens with one attached hydrogen (secondary N) is 1. The second-order valence-electron chi connectivity index (χ2n) is 4.92. The Balaban J connectivity index is 2.96. The number of halogens is 1. The number of aryl methyl sites for hydroxylation is 2. The van der Waals surface area contributed by atoms with E-state index < -0.39 is 0 Å². The van der Waals surface area contributed by atoms with Crippen molar-refractivity contribution in [3.8, 4) is 0 Å². The molecule has 0 aliphatic carbocycles. The predicted molar refractivity (Wildman–Crippen MR) is 82.8 cm³/mol. The summed E-state index contributed by atoms with van der Waals surface area (Å²) in [6.45, 7) is 7.07. The first-order valence-electron chi connectivity index (χ1n) is 7.35. The Bertz CT molecular complexity index is 408. The van der Waals surface area contributed by atoms with Gasteiger partial charge >= 0.3 is 0 Å². The molecule has 6 heteroatoms. The second-order valence-corrected chi connectivity index (χ2v) is 5.29. The zero-order valence-electron chi connectivity index (χ0n) is 12.9.